The summed E-state index contributed by atoms with van der Waals surface area (Å²) in [6, 6.07) is 0. The number of hydrogen-bond donors (Lipinski definition) is 3. The molecule has 2 rings (SSSR count). The van der Waals surface area contributed by atoms with Crippen molar-refractivity contribution in [2.45, 2.75) is 44.1 Å². The number of nitrogens with one attached hydrogen (secondary N) is 2. The SMILES string of the molecule is O=S(=O)(NCC1(O)CCCCCC1)N1CCNCC1. The van der Waals surface area contributed by atoms with Crippen LogP contribution in [0.3, 0.4) is 0 Å². The fourth-order valence-corrected chi connectivity index (χ4v) is 4.06. The van der Waals surface area contributed by atoms with Crippen LogP contribution in [0.2, 0.25) is 0 Å². The van der Waals surface area contributed by atoms with E-state index in [0.29, 0.717) is 39.0 Å². The maximum atomic E-state index is 12.1. The molecular formula is C12H25N3O3S. The molecule has 0 radical (unpaired) electrons. The summed E-state index contributed by atoms with van der Waals surface area (Å²) in [6.07, 6.45) is 5.60. The molecule has 0 atom stereocenters. The van der Waals surface area contributed by atoms with Gasteiger partial charge in [0.2, 0.25) is 0 Å². The van der Waals surface area contributed by atoms with Gasteiger partial charge in [0.15, 0.2) is 0 Å². The van der Waals surface area contributed by atoms with Gasteiger partial charge in [0.25, 0.3) is 10.2 Å². The molecule has 0 amide bonds. The van der Waals surface area contributed by atoms with Crippen molar-refractivity contribution in [1.29, 1.82) is 0 Å². The van der Waals surface area contributed by atoms with Gasteiger partial charge in [-0.15, -0.1) is 0 Å². The highest BCUT2D eigenvalue weighted by molar-refractivity contribution is 7.87. The van der Waals surface area contributed by atoms with E-state index in [-0.39, 0.29) is 6.54 Å². The van der Waals surface area contributed by atoms with Crippen molar-refractivity contribution in [2.24, 2.45) is 0 Å². The average Bonchev–Trinajstić information content (AvgIpc) is 2.63. The summed E-state index contributed by atoms with van der Waals surface area (Å²) in [5.41, 5.74) is -0.863. The summed E-state index contributed by atoms with van der Waals surface area (Å²) in [6.45, 7) is 2.50. The minimum absolute atomic E-state index is 0.138. The van der Waals surface area contributed by atoms with Crippen molar-refractivity contribution in [2.75, 3.05) is 32.7 Å². The second-order valence-corrected chi connectivity index (χ2v) is 7.37. The van der Waals surface area contributed by atoms with E-state index in [4.69, 9.17) is 0 Å². The molecule has 112 valence electrons. The molecule has 0 aromatic rings. The van der Waals surface area contributed by atoms with Crippen LogP contribution in [0.15, 0.2) is 0 Å². The van der Waals surface area contributed by atoms with E-state index >= 15 is 0 Å². The smallest absolute Gasteiger partial charge is 0.279 e. The Morgan fingerprint density at radius 1 is 1.11 bits per heavy atom. The Kier molecular flexibility index (Phi) is 5.19. The van der Waals surface area contributed by atoms with E-state index in [1.807, 2.05) is 0 Å². The van der Waals surface area contributed by atoms with Crippen molar-refractivity contribution in [3.63, 3.8) is 0 Å². The largest absolute Gasteiger partial charge is 0.389 e. The van der Waals surface area contributed by atoms with Gasteiger partial charge >= 0.3 is 0 Å². The maximum absolute atomic E-state index is 12.1. The normalized spacial score (nSPS) is 25.9. The van der Waals surface area contributed by atoms with Gasteiger partial charge in [-0.3, -0.25) is 0 Å². The van der Waals surface area contributed by atoms with E-state index < -0.39 is 15.8 Å². The van der Waals surface area contributed by atoms with Gasteiger partial charge in [0.05, 0.1) is 5.60 Å². The van der Waals surface area contributed by atoms with Crippen LogP contribution in [0, 0.1) is 0 Å². The number of rotatable bonds is 4. The fraction of sp³-hybridized carbons (Fsp3) is 1.00. The summed E-state index contributed by atoms with van der Waals surface area (Å²) in [7, 11) is -3.45. The minimum atomic E-state index is -3.45. The third-order valence-electron chi connectivity index (χ3n) is 4.03. The molecule has 2 fully saturated rings. The van der Waals surface area contributed by atoms with Crippen molar-refractivity contribution < 1.29 is 13.5 Å². The first-order valence-electron chi connectivity index (χ1n) is 7.20. The Morgan fingerprint density at radius 2 is 1.68 bits per heavy atom. The molecule has 0 unspecified atom stereocenters. The average molecular weight is 291 g/mol. The lowest BCUT2D eigenvalue weighted by molar-refractivity contribution is 0.0299. The Balaban J connectivity index is 1.88. The minimum Gasteiger partial charge on any atom is -0.389 e. The van der Waals surface area contributed by atoms with E-state index in [0.717, 1.165) is 25.7 Å². The third-order valence-corrected chi connectivity index (χ3v) is 5.59. The summed E-state index contributed by atoms with van der Waals surface area (Å²) in [5.74, 6) is 0. The zero-order valence-electron chi connectivity index (χ0n) is 11.4. The van der Waals surface area contributed by atoms with Gasteiger partial charge < -0.3 is 10.4 Å². The van der Waals surface area contributed by atoms with Gasteiger partial charge in [-0.05, 0) is 12.8 Å². The molecule has 1 saturated heterocycles. The zero-order valence-corrected chi connectivity index (χ0v) is 12.2. The van der Waals surface area contributed by atoms with Crippen molar-refractivity contribution in [3.05, 3.63) is 0 Å². The molecule has 0 spiro atoms. The van der Waals surface area contributed by atoms with Crippen molar-refractivity contribution in [1.82, 2.24) is 14.3 Å². The van der Waals surface area contributed by atoms with E-state index in [1.54, 1.807) is 0 Å². The number of nitrogens with zero attached hydrogens (tertiary/aromatic N) is 1. The lowest BCUT2D eigenvalue weighted by Gasteiger charge is -2.30. The first kappa shape index (κ1) is 15.2. The molecule has 3 N–H and O–H groups in total. The summed E-state index contributed by atoms with van der Waals surface area (Å²) >= 11 is 0. The van der Waals surface area contributed by atoms with Crippen LogP contribution in [-0.4, -0.2) is 56.2 Å². The van der Waals surface area contributed by atoms with Crippen molar-refractivity contribution in [3.8, 4) is 0 Å². The van der Waals surface area contributed by atoms with Crippen LogP contribution in [0.5, 0.6) is 0 Å². The number of aliphatic hydroxyl groups is 1. The molecule has 1 aliphatic carbocycles. The first-order chi connectivity index (χ1) is 9.02. The Morgan fingerprint density at radius 3 is 2.26 bits per heavy atom. The fourth-order valence-electron chi connectivity index (χ4n) is 2.76. The van der Waals surface area contributed by atoms with Gasteiger partial charge in [0.1, 0.15) is 0 Å². The second-order valence-electron chi connectivity index (χ2n) is 5.61. The molecule has 2 aliphatic rings. The predicted octanol–water partition coefficient (Wildman–Crippen LogP) is -0.189. The lowest BCUT2D eigenvalue weighted by atomic mass is 9.95. The van der Waals surface area contributed by atoms with Crippen LogP contribution in [0.4, 0.5) is 0 Å². The van der Waals surface area contributed by atoms with Gasteiger partial charge in [-0.2, -0.15) is 17.4 Å². The van der Waals surface area contributed by atoms with Crippen LogP contribution in [0.1, 0.15) is 38.5 Å². The van der Waals surface area contributed by atoms with Gasteiger partial charge in [0, 0.05) is 32.7 Å². The van der Waals surface area contributed by atoms with E-state index in [9.17, 15) is 13.5 Å². The summed E-state index contributed by atoms with van der Waals surface area (Å²) in [5, 5.41) is 13.6. The summed E-state index contributed by atoms with van der Waals surface area (Å²) < 4.78 is 28.3. The van der Waals surface area contributed by atoms with Crippen LogP contribution in [0.25, 0.3) is 0 Å². The molecular weight excluding hydrogens is 266 g/mol. The second kappa shape index (κ2) is 6.49. The highest BCUT2D eigenvalue weighted by Crippen LogP contribution is 2.26. The standard InChI is InChI=1S/C12H25N3O3S/c16-12(5-3-1-2-4-6-12)11-14-19(17,18)15-9-7-13-8-10-15/h13-14,16H,1-11H2. The molecule has 0 aromatic heterocycles. The zero-order chi connectivity index (χ0) is 13.8. The predicted molar refractivity (Wildman–Crippen MR) is 74.0 cm³/mol. The van der Waals surface area contributed by atoms with Crippen LogP contribution in [-0.2, 0) is 10.2 Å². The van der Waals surface area contributed by atoms with Crippen LogP contribution >= 0.6 is 0 Å². The maximum Gasteiger partial charge on any atom is 0.279 e. The Hall–Kier alpha value is -0.210. The first-order valence-corrected chi connectivity index (χ1v) is 8.64. The molecule has 1 saturated carbocycles. The van der Waals surface area contributed by atoms with Gasteiger partial charge in [-0.1, -0.05) is 25.7 Å². The number of hydrogen-bond acceptors (Lipinski definition) is 4. The Bertz CT molecular complexity index is 372. The topological polar surface area (TPSA) is 81.7 Å². The highest BCUT2D eigenvalue weighted by atomic mass is 32.2. The highest BCUT2D eigenvalue weighted by Gasteiger charge is 2.31. The molecule has 1 heterocycles. The number of piperazine rings is 1. The molecule has 1 aliphatic heterocycles. The van der Waals surface area contributed by atoms with Gasteiger partial charge in [-0.25, -0.2) is 0 Å². The monoisotopic (exact) mass is 291 g/mol. The lowest BCUT2D eigenvalue weighted by Crippen LogP contribution is -2.53. The van der Waals surface area contributed by atoms with Crippen LogP contribution < -0.4 is 10.0 Å². The van der Waals surface area contributed by atoms with E-state index in [1.165, 1.54) is 4.31 Å². The van der Waals surface area contributed by atoms with Crippen molar-refractivity contribution >= 4 is 10.2 Å². The Labute approximate surface area is 115 Å². The molecule has 19 heavy (non-hydrogen) atoms. The molecule has 0 bridgehead atoms. The quantitative estimate of drug-likeness (QED) is 0.627. The molecule has 7 heteroatoms. The third kappa shape index (κ3) is 4.39. The molecule has 0 aromatic carbocycles. The van der Waals surface area contributed by atoms with E-state index in [2.05, 4.69) is 10.0 Å². The molecule has 6 nitrogen and oxygen atoms in total. The summed E-state index contributed by atoms with van der Waals surface area (Å²) in [4.78, 5) is 0.